The maximum absolute atomic E-state index is 13.1. The topological polar surface area (TPSA) is 29.9 Å². The molecule has 3 nitrogen and oxygen atoms in total. The molecule has 4 heteroatoms. The SMILES string of the molecule is CCCCn1c(CNCC)nc2ccc(Cc3ccc(F)cc3)cc21. The van der Waals surface area contributed by atoms with Crippen molar-refractivity contribution in [3.63, 3.8) is 0 Å². The average Bonchev–Trinajstić information content (AvgIpc) is 2.97. The van der Waals surface area contributed by atoms with E-state index in [1.54, 1.807) is 0 Å². The van der Waals surface area contributed by atoms with Gasteiger partial charge in [0.25, 0.3) is 0 Å². The molecule has 0 aliphatic carbocycles. The fraction of sp³-hybridized carbons (Fsp3) is 0.381. The summed E-state index contributed by atoms with van der Waals surface area (Å²) in [5.74, 6) is 0.911. The molecular formula is C21H26FN3. The number of hydrogen-bond acceptors (Lipinski definition) is 2. The third-order valence-corrected chi connectivity index (χ3v) is 4.48. The Morgan fingerprint density at radius 2 is 1.80 bits per heavy atom. The Labute approximate surface area is 148 Å². The molecule has 0 atom stereocenters. The summed E-state index contributed by atoms with van der Waals surface area (Å²) in [6, 6.07) is 13.2. The average molecular weight is 339 g/mol. The Morgan fingerprint density at radius 3 is 2.52 bits per heavy atom. The van der Waals surface area contributed by atoms with Crippen molar-refractivity contribution in [1.29, 1.82) is 0 Å². The first kappa shape index (κ1) is 17.6. The zero-order valence-corrected chi connectivity index (χ0v) is 15.1. The van der Waals surface area contributed by atoms with Gasteiger partial charge in [-0.2, -0.15) is 0 Å². The summed E-state index contributed by atoms with van der Waals surface area (Å²) in [5, 5.41) is 3.38. The van der Waals surface area contributed by atoms with Crippen LogP contribution in [0.3, 0.4) is 0 Å². The summed E-state index contributed by atoms with van der Waals surface area (Å²) < 4.78 is 15.4. The lowest BCUT2D eigenvalue weighted by Gasteiger charge is -2.09. The molecule has 1 N–H and O–H groups in total. The van der Waals surface area contributed by atoms with E-state index >= 15 is 0 Å². The highest BCUT2D eigenvalue weighted by atomic mass is 19.1. The van der Waals surface area contributed by atoms with Gasteiger partial charge in [0, 0.05) is 6.54 Å². The van der Waals surface area contributed by atoms with E-state index < -0.39 is 0 Å². The summed E-state index contributed by atoms with van der Waals surface area (Å²) in [6.07, 6.45) is 3.11. The van der Waals surface area contributed by atoms with E-state index in [1.165, 1.54) is 23.2 Å². The van der Waals surface area contributed by atoms with Crippen LogP contribution in [0.25, 0.3) is 11.0 Å². The molecule has 1 aromatic heterocycles. The van der Waals surface area contributed by atoms with Gasteiger partial charge in [0.1, 0.15) is 11.6 Å². The molecule has 1 heterocycles. The molecule has 0 bridgehead atoms. The monoisotopic (exact) mass is 339 g/mol. The van der Waals surface area contributed by atoms with Gasteiger partial charge >= 0.3 is 0 Å². The van der Waals surface area contributed by atoms with Gasteiger partial charge in [-0.15, -0.1) is 0 Å². The lowest BCUT2D eigenvalue weighted by atomic mass is 10.0. The molecule has 0 unspecified atom stereocenters. The van der Waals surface area contributed by atoms with Crippen molar-refractivity contribution in [3.8, 4) is 0 Å². The van der Waals surface area contributed by atoms with Crippen molar-refractivity contribution in [2.45, 2.75) is 46.2 Å². The second-order valence-electron chi connectivity index (χ2n) is 6.44. The number of unbranched alkanes of at least 4 members (excludes halogenated alkanes) is 1. The molecule has 0 fully saturated rings. The number of aryl methyl sites for hydroxylation is 1. The van der Waals surface area contributed by atoms with Gasteiger partial charge in [0.15, 0.2) is 0 Å². The summed E-state index contributed by atoms with van der Waals surface area (Å²) in [4.78, 5) is 4.81. The van der Waals surface area contributed by atoms with Crippen molar-refractivity contribution < 1.29 is 4.39 Å². The Bertz CT molecular complexity index is 821. The van der Waals surface area contributed by atoms with Crippen LogP contribution in [0.5, 0.6) is 0 Å². The third kappa shape index (κ3) is 4.26. The smallest absolute Gasteiger partial charge is 0.123 e. The first-order chi connectivity index (χ1) is 12.2. The van der Waals surface area contributed by atoms with Gasteiger partial charge < -0.3 is 9.88 Å². The molecule has 132 valence electrons. The van der Waals surface area contributed by atoms with Crippen LogP contribution in [-0.2, 0) is 19.5 Å². The standard InChI is InChI=1S/C21H26FN3/c1-3-5-12-25-20-14-17(13-16-6-9-18(22)10-7-16)8-11-19(20)24-21(25)15-23-4-2/h6-11,14,23H,3-5,12-13,15H2,1-2H3. The Balaban J connectivity index is 1.92. The number of aromatic nitrogens is 2. The first-order valence-corrected chi connectivity index (χ1v) is 9.14. The molecule has 0 amide bonds. The molecule has 0 radical (unpaired) electrons. The van der Waals surface area contributed by atoms with Crippen LogP contribution >= 0.6 is 0 Å². The fourth-order valence-electron chi connectivity index (χ4n) is 3.10. The Kier molecular flexibility index (Phi) is 5.82. The fourth-order valence-corrected chi connectivity index (χ4v) is 3.10. The van der Waals surface area contributed by atoms with Crippen LogP contribution in [-0.4, -0.2) is 16.1 Å². The molecule has 0 saturated heterocycles. The van der Waals surface area contributed by atoms with Crippen LogP contribution in [0.1, 0.15) is 43.6 Å². The number of imidazole rings is 1. The zero-order valence-electron chi connectivity index (χ0n) is 15.1. The largest absolute Gasteiger partial charge is 0.327 e. The van der Waals surface area contributed by atoms with Crippen LogP contribution in [0, 0.1) is 5.82 Å². The summed E-state index contributed by atoms with van der Waals surface area (Å²) in [7, 11) is 0. The number of nitrogens with zero attached hydrogens (tertiary/aromatic N) is 2. The van der Waals surface area contributed by atoms with Gasteiger partial charge in [0.05, 0.1) is 17.6 Å². The second-order valence-corrected chi connectivity index (χ2v) is 6.44. The van der Waals surface area contributed by atoms with Crippen LogP contribution in [0.2, 0.25) is 0 Å². The number of rotatable bonds is 8. The highest BCUT2D eigenvalue weighted by Gasteiger charge is 2.11. The minimum Gasteiger partial charge on any atom is -0.327 e. The zero-order chi connectivity index (χ0) is 17.6. The molecule has 3 rings (SSSR count). The lowest BCUT2D eigenvalue weighted by molar-refractivity contribution is 0.588. The first-order valence-electron chi connectivity index (χ1n) is 9.14. The van der Waals surface area contributed by atoms with E-state index in [2.05, 4.69) is 41.9 Å². The minimum absolute atomic E-state index is 0.190. The van der Waals surface area contributed by atoms with Gasteiger partial charge in [0.2, 0.25) is 0 Å². The summed E-state index contributed by atoms with van der Waals surface area (Å²) in [6.45, 7) is 7.05. The van der Waals surface area contributed by atoms with Crippen LogP contribution in [0.15, 0.2) is 42.5 Å². The lowest BCUT2D eigenvalue weighted by Crippen LogP contribution is -2.16. The van der Waals surface area contributed by atoms with E-state index in [9.17, 15) is 4.39 Å². The van der Waals surface area contributed by atoms with Gasteiger partial charge in [-0.25, -0.2) is 9.37 Å². The van der Waals surface area contributed by atoms with E-state index in [4.69, 9.17) is 4.98 Å². The Morgan fingerprint density at radius 1 is 1.04 bits per heavy atom. The third-order valence-electron chi connectivity index (χ3n) is 4.48. The molecule has 25 heavy (non-hydrogen) atoms. The van der Waals surface area contributed by atoms with Gasteiger partial charge in [-0.05, 0) is 54.8 Å². The van der Waals surface area contributed by atoms with Crippen molar-refractivity contribution in [3.05, 3.63) is 65.2 Å². The molecule has 2 aromatic carbocycles. The molecule has 0 aliphatic heterocycles. The number of halogens is 1. The predicted molar refractivity (Wildman–Crippen MR) is 101 cm³/mol. The minimum atomic E-state index is -0.190. The maximum Gasteiger partial charge on any atom is 0.123 e. The number of benzene rings is 2. The summed E-state index contributed by atoms with van der Waals surface area (Å²) in [5.41, 5.74) is 4.59. The normalized spacial score (nSPS) is 11.3. The van der Waals surface area contributed by atoms with E-state index in [0.717, 1.165) is 55.8 Å². The molecule has 0 spiro atoms. The van der Waals surface area contributed by atoms with Crippen molar-refractivity contribution in [2.75, 3.05) is 6.54 Å². The number of hydrogen-bond donors (Lipinski definition) is 1. The van der Waals surface area contributed by atoms with Gasteiger partial charge in [-0.3, -0.25) is 0 Å². The van der Waals surface area contributed by atoms with Crippen molar-refractivity contribution in [1.82, 2.24) is 14.9 Å². The van der Waals surface area contributed by atoms with E-state index in [1.807, 2.05) is 12.1 Å². The van der Waals surface area contributed by atoms with Crippen molar-refractivity contribution in [2.24, 2.45) is 0 Å². The predicted octanol–water partition coefficient (Wildman–Crippen LogP) is 4.68. The number of fused-ring (bicyclic) bond motifs is 1. The van der Waals surface area contributed by atoms with Crippen LogP contribution < -0.4 is 5.32 Å². The number of nitrogens with one attached hydrogen (secondary N) is 1. The van der Waals surface area contributed by atoms with E-state index in [0.29, 0.717) is 0 Å². The van der Waals surface area contributed by atoms with Gasteiger partial charge in [-0.1, -0.05) is 38.5 Å². The Hall–Kier alpha value is -2.20. The summed E-state index contributed by atoms with van der Waals surface area (Å²) >= 11 is 0. The molecule has 0 saturated carbocycles. The van der Waals surface area contributed by atoms with E-state index in [-0.39, 0.29) is 5.82 Å². The highest BCUT2D eigenvalue weighted by Crippen LogP contribution is 2.21. The second kappa shape index (κ2) is 8.26. The molecule has 0 aliphatic rings. The maximum atomic E-state index is 13.1. The van der Waals surface area contributed by atoms with Crippen molar-refractivity contribution >= 4 is 11.0 Å². The molecular weight excluding hydrogens is 313 g/mol. The molecule has 3 aromatic rings. The highest BCUT2D eigenvalue weighted by molar-refractivity contribution is 5.77. The quantitative estimate of drug-likeness (QED) is 0.646. The van der Waals surface area contributed by atoms with Crippen LogP contribution in [0.4, 0.5) is 4.39 Å².